The number of carboxylic acids is 2. The Bertz CT molecular complexity index is 1160. The smallest absolute Gasteiger partial charge is 0.486 e. The summed E-state index contributed by atoms with van der Waals surface area (Å²) in [5.41, 5.74) is 3.58. The maximum absolute atomic E-state index is 10.6. The monoisotopic (exact) mass is 552 g/mol. The predicted molar refractivity (Wildman–Crippen MR) is 116 cm³/mol. The van der Waals surface area contributed by atoms with Gasteiger partial charge in [-0.15, -0.1) is 0 Å². The summed E-state index contributed by atoms with van der Waals surface area (Å²) in [5.74, 6) is -3.75. The molecule has 38 heavy (non-hydrogen) atoms. The highest BCUT2D eigenvalue weighted by Gasteiger charge is 2.38. The van der Waals surface area contributed by atoms with Gasteiger partial charge in [0.05, 0.1) is 19.0 Å². The number of fused-ring (bicyclic) bond motifs is 1. The highest BCUT2D eigenvalue weighted by atomic mass is 19.4. The van der Waals surface area contributed by atoms with E-state index in [1.807, 2.05) is 36.0 Å². The number of nitrogens with zero attached hydrogens (tertiary/aromatic N) is 4. The van der Waals surface area contributed by atoms with Crippen molar-refractivity contribution in [3.05, 3.63) is 65.6 Å². The maximum atomic E-state index is 10.6. The zero-order valence-electron chi connectivity index (χ0n) is 19.7. The van der Waals surface area contributed by atoms with Crippen molar-refractivity contribution in [1.29, 1.82) is 0 Å². The van der Waals surface area contributed by atoms with Gasteiger partial charge in [0.2, 0.25) is 0 Å². The molecule has 2 N–H and O–H groups in total. The van der Waals surface area contributed by atoms with Crippen LogP contribution in [0.3, 0.4) is 0 Å². The number of pyridine rings is 1. The van der Waals surface area contributed by atoms with Crippen molar-refractivity contribution in [1.82, 2.24) is 19.7 Å². The Kier molecular flexibility index (Phi) is 10.3. The minimum atomic E-state index is -5.08. The van der Waals surface area contributed by atoms with Gasteiger partial charge in [0.25, 0.3) is 0 Å². The highest BCUT2D eigenvalue weighted by molar-refractivity contribution is 5.73. The van der Waals surface area contributed by atoms with Crippen LogP contribution < -0.4 is 4.74 Å². The van der Waals surface area contributed by atoms with Gasteiger partial charge in [-0.1, -0.05) is 0 Å². The van der Waals surface area contributed by atoms with Gasteiger partial charge >= 0.3 is 24.3 Å². The number of carboxylic acid groups (broad SMARTS) is 2. The summed E-state index contributed by atoms with van der Waals surface area (Å²) in [7, 11) is 2.01. The van der Waals surface area contributed by atoms with E-state index in [0.29, 0.717) is 6.61 Å². The molecule has 0 aromatic carbocycles. The van der Waals surface area contributed by atoms with Crippen molar-refractivity contribution in [2.75, 3.05) is 6.54 Å². The number of alkyl halides is 6. The van der Waals surface area contributed by atoms with Crippen molar-refractivity contribution in [3.63, 3.8) is 0 Å². The summed E-state index contributed by atoms with van der Waals surface area (Å²) in [6.07, 6.45) is -3.99. The van der Waals surface area contributed by atoms with Crippen molar-refractivity contribution >= 4 is 11.9 Å². The molecule has 4 heterocycles. The molecule has 208 valence electrons. The van der Waals surface area contributed by atoms with Crippen LogP contribution in [0.15, 0.2) is 47.3 Å². The third kappa shape index (κ3) is 9.42. The lowest BCUT2D eigenvalue weighted by molar-refractivity contribution is -0.193. The quantitative estimate of drug-likeness (QED) is 0.454. The van der Waals surface area contributed by atoms with E-state index in [2.05, 4.69) is 15.0 Å². The van der Waals surface area contributed by atoms with Crippen LogP contribution >= 0.6 is 0 Å². The van der Waals surface area contributed by atoms with Crippen molar-refractivity contribution in [3.8, 4) is 5.75 Å². The Labute approximate surface area is 211 Å². The van der Waals surface area contributed by atoms with E-state index in [0.717, 1.165) is 43.3 Å². The third-order valence-corrected chi connectivity index (χ3v) is 4.86. The first-order chi connectivity index (χ1) is 17.7. The van der Waals surface area contributed by atoms with Crippen molar-refractivity contribution < 1.29 is 55.3 Å². The molecule has 1 aliphatic heterocycles. The molecular weight excluding hydrogens is 530 g/mol. The molecular formula is C22H22F6N4O6. The first-order valence-electron chi connectivity index (χ1n) is 10.6. The van der Waals surface area contributed by atoms with Gasteiger partial charge in [-0.3, -0.25) is 14.6 Å². The normalized spacial score (nSPS) is 13.3. The molecule has 0 unspecified atom stereocenters. The van der Waals surface area contributed by atoms with Crippen LogP contribution in [0.25, 0.3) is 0 Å². The number of hydrogen-bond donors (Lipinski definition) is 2. The Morgan fingerprint density at radius 2 is 1.71 bits per heavy atom. The molecule has 0 spiro atoms. The Morgan fingerprint density at radius 1 is 1.08 bits per heavy atom. The van der Waals surface area contributed by atoms with Crippen LogP contribution in [-0.2, 0) is 42.8 Å². The second kappa shape index (κ2) is 12.9. The van der Waals surface area contributed by atoms with Gasteiger partial charge in [-0.25, -0.2) is 9.59 Å². The number of furan rings is 1. The molecule has 0 fully saturated rings. The molecule has 3 aromatic heterocycles. The molecule has 0 radical (unpaired) electrons. The minimum Gasteiger partial charge on any atom is -0.486 e. The average molecular weight is 552 g/mol. The van der Waals surface area contributed by atoms with E-state index < -0.39 is 24.3 Å². The van der Waals surface area contributed by atoms with Crippen LogP contribution in [-0.4, -0.2) is 60.7 Å². The van der Waals surface area contributed by atoms with Gasteiger partial charge < -0.3 is 19.4 Å². The van der Waals surface area contributed by atoms with Gasteiger partial charge in [0.15, 0.2) is 0 Å². The Morgan fingerprint density at radius 3 is 2.21 bits per heavy atom. The molecule has 0 saturated carbocycles. The Hall–Kier alpha value is -4.08. The van der Waals surface area contributed by atoms with Crippen LogP contribution in [0, 0.1) is 0 Å². The largest absolute Gasteiger partial charge is 0.490 e. The van der Waals surface area contributed by atoms with Gasteiger partial charge in [0, 0.05) is 44.0 Å². The number of aryl methyl sites for hydroxylation is 1. The van der Waals surface area contributed by atoms with Crippen LogP contribution in [0.4, 0.5) is 26.3 Å². The molecule has 0 atom stereocenters. The molecule has 10 nitrogen and oxygen atoms in total. The molecule has 1 aliphatic rings. The van der Waals surface area contributed by atoms with E-state index in [-0.39, 0.29) is 0 Å². The summed E-state index contributed by atoms with van der Waals surface area (Å²) in [6.45, 7) is 3.17. The number of carbonyl (C=O) groups is 2. The number of halogens is 6. The number of ether oxygens (including phenoxy) is 1. The predicted octanol–water partition coefficient (Wildman–Crippen LogP) is 3.81. The SMILES string of the molecule is Cn1nc(COc2cccnc2)c2c1CCN(Cc1ccco1)C2.O=C(O)C(F)(F)F.O=C(O)C(F)(F)F. The van der Waals surface area contributed by atoms with E-state index in [9.17, 15) is 26.3 Å². The second-order valence-electron chi connectivity index (χ2n) is 7.62. The fourth-order valence-electron chi connectivity index (χ4n) is 3.18. The zero-order chi connectivity index (χ0) is 28.5. The molecule has 0 amide bonds. The lowest BCUT2D eigenvalue weighted by Gasteiger charge is -2.26. The van der Waals surface area contributed by atoms with Gasteiger partial charge in [0.1, 0.15) is 23.8 Å². The van der Waals surface area contributed by atoms with E-state index in [1.54, 1.807) is 18.7 Å². The maximum Gasteiger partial charge on any atom is 0.490 e. The molecule has 4 rings (SSSR count). The van der Waals surface area contributed by atoms with Gasteiger partial charge in [-0.05, 0) is 24.3 Å². The van der Waals surface area contributed by atoms with E-state index in [4.69, 9.17) is 29.0 Å². The van der Waals surface area contributed by atoms with Crippen molar-refractivity contribution in [2.24, 2.45) is 7.05 Å². The number of rotatable bonds is 5. The standard InChI is InChI=1S/C18H20N4O2.2C2HF3O2/c1-21-18-6-8-22(11-15-5-3-9-23-15)12-16(18)17(20-21)13-24-14-4-2-7-19-10-14;2*3-2(4,5)1(6)7/h2-5,7,9-10H,6,8,11-13H2,1H3;2*(H,6,7). The Balaban J connectivity index is 0.000000301. The minimum absolute atomic E-state index is 0.462. The summed E-state index contributed by atoms with van der Waals surface area (Å²) in [4.78, 5) is 24.3. The summed E-state index contributed by atoms with van der Waals surface area (Å²) in [6, 6.07) is 7.73. The lowest BCUT2D eigenvalue weighted by Crippen LogP contribution is -2.30. The van der Waals surface area contributed by atoms with Crippen LogP contribution in [0.2, 0.25) is 0 Å². The molecule has 16 heteroatoms. The first-order valence-corrected chi connectivity index (χ1v) is 10.6. The van der Waals surface area contributed by atoms with E-state index >= 15 is 0 Å². The summed E-state index contributed by atoms with van der Waals surface area (Å²) in [5, 5.41) is 18.9. The average Bonchev–Trinajstić information content (AvgIpc) is 3.45. The number of aromatic nitrogens is 3. The molecule has 0 saturated heterocycles. The lowest BCUT2D eigenvalue weighted by atomic mass is 10.1. The first kappa shape index (κ1) is 30.1. The fourth-order valence-corrected chi connectivity index (χ4v) is 3.18. The fraction of sp³-hybridized carbons (Fsp3) is 0.364. The second-order valence-corrected chi connectivity index (χ2v) is 7.62. The van der Waals surface area contributed by atoms with Crippen LogP contribution in [0.1, 0.15) is 22.7 Å². The number of hydrogen-bond acceptors (Lipinski definition) is 7. The highest BCUT2D eigenvalue weighted by Crippen LogP contribution is 2.24. The summed E-state index contributed by atoms with van der Waals surface area (Å²) < 4.78 is 76.8. The summed E-state index contributed by atoms with van der Waals surface area (Å²) >= 11 is 0. The topological polar surface area (TPSA) is 131 Å². The zero-order valence-corrected chi connectivity index (χ0v) is 19.7. The molecule has 0 aliphatic carbocycles. The third-order valence-electron chi connectivity index (χ3n) is 4.86. The van der Waals surface area contributed by atoms with E-state index in [1.165, 1.54) is 11.3 Å². The van der Waals surface area contributed by atoms with Crippen molar-refractivity contribution in [2.45, 2.75) is 38.5 Å². The molecule has 3 aromatic rings. The van der Waals surface area contributed by atoms with Crippen LogP contribution in [0.5, 0.6) is 5.75 Å². The number of aliphatic carboxylic acids is 2. The molecule has 0 bridgehead atoms. The van der Waals surface area contributed by atoms with Gasteiger partial charge in [-0.2, -0.15) is 31.4 Å².